The molecule has 0 radical (unpaired) electrons. The average molecular weight is 256 g/mol. The van der Waals surface area contributed by atoms with E-state index >= 15 is 0 Å². The minimum absolute atomic E-state index is 0.196. The second kappa shape index (κ2) is 5.96. The highest BCUT2D eigenvalue weighted by Crippen LogP contribution is 2.26. The Morgan fingerprint density at radius 3 is 2.16 bits per heavy atom. The van der Waals surface area contributed by atoms with E-state index in [9.17, 15) is 9.18 Å². The summed E-state index contributed by atoms with van der Waals surface area (Å²) in [7, 11) is 0. The quantitative estimate of drug-likeness (QED) is 0.849. The first-order chi connectivity index (χ1) is 9.16. The number of rotatable bonds is 4. The molecule has 0 aliphatic carbocycles. The summed E-state index contributed by atoms with van der Waals surface area (Å²) in [5.74, 6) is -1.50. The fraction of sp³-hybridized carbons (Fsp3) is 0.0625. The Labute approximate surface area is 110 Å². The second-order valence-corrected chi connectivity index (χ2v) is 4.14. The largest absolute Gasteiger partial charge is 0.478 e. The molecular weight excluding hydrogens is 243 g/mol. The molecule has 19 heavy (non-hydrogen) atoms. The van der Waals surface area contributed by atoms with Gasteiger partial charge in [-0.1, -0.05) is 48.5 Å². The Balaban J connectivity index is 2.39. The van der Waals surface area contributed by atoms with Crippen LogP contribution < -0.4 is 0 Å². The first kappa shape index (κ1) is 13.0. The Morgan fingerprint density at radius 1 is 1.00 bits per heavy atom. The molecule has 96 valence electrons. The van der Waals surface area contributed by atoms with Gasteiger partial charge in [-0.25, -0.2) is 9.18 Å². The molecule has 1 atom stereocenters. The lowest BCUT2D eigenvalue weighted by Crippen LogP contribution is -1.99. The molecule has 0 saturated heterocycles. The minimum Gasteiger partial charge on any atom is -0.478 e. The molecule has 0 aromatic heterocycles. The van der Waals surface area contributed by atoms with Crippen molar-refractivity contribution in [2.75, 3.05) is 0 Å². The summed E-state index contributed by atoms with van der Waals surface area (Å²) in [6.07, 6.45) is 2.71. The molecule has 0 heterocycles. The molecule has 2 nitrogen and oxygen atoms in total. The Morgan fingerprint density at radius 2 is 1.58 bits per heavy atom. The first-order valence-electron chi connectivity index (χ1n) is 5.88. The predicted octanol–water partition coefficient (Wildman–Crippen LogP) is 3.60. The van der Waals surface area contributed by atoms with E-state index in [1.54, 1.807) is 18.2 Å². The zero-order valence-corrected chi connectivity index (χ0v) is 10.2. The molecule has 0 aliphatic rings. The average Bonchev–Trinajstić information content (AvgIpc) is 2.42. The van der Waals surface area contributed by atoms with E-state index in [-0.39, 0.29) is 11.7 Å². The van der Waals surface area contributed by atoms with Crippen molar-refractivity contribution >= 4 is 5.97 Å². The number of carboxylic acids is 1. The molecule has 0 amide bonds. The van der Waals surface area contributed by atoms with E-state index in [2.05, 4.69) is 0 Å². The Bertz CT molecular complexity index is 573. The molecule has 0 aliphatic heterocycles. The van der Waals surface area contributed by atoms with Crippen molar-refractivity contribution in [3.63, 3.8) is 0 Å². The first-order valence-corrected chi connectivity index (χ1v) is 5.88. The number of halogens is 1. The fourth-order valence-corrected chi connectivity index (χ4v) is 1.92. The zero-order valence-electron chi connectivity index (χ0n) is 10.2. The van der Waals surface area contributed by atoms with Gasteiger partial charge in [-0.15, -0.1) is 0 Å². The lowest BCUT2D eigenvalue weighted by Gasteiger charge is -2.13. The van der Waals surface area contributed by atoms with Crippen molar-refractivity contribution in [3.05, 3.63) is 83.7 Å². The standard InChI is InChI=1S/C16H13FO2/c17-14-8-6-13(7-9-14)15(10-11-16(18)19)12-4-2-1-3-5-12/h1-11,15H,(H,18,19). The highest BCUT2D eigenvalue weighted by atomic mass is 19.1. The van der Waals surface area contributed by atoms with Crippen LogP contribution in [0.4, 0.5) is 4.39 Å². The molecule has 2 aromatic rings. The normalized spacial score (nSPS) is 12.5. The summed E-state index contributed by atoms with van der Waals surface area (Å²) in [6.45, 7) is 0. The molecule has 3 heteroatoms. The molecular formula is C16H13FO2. The van der Waals surface area contributed by atoms with Gasteiger partial charge in [-0.2, -0.15) is 0 Å². The van der Waals surface area contributed by atoms with Crippen LogP contribution in [0, 0.1) is 5.82 Å². The molecule has 2 aromatic carbocycles. The third-order valence-electron chi connectivity index (χ3n) is 2.82. The molecule has 0 saturated carbocycles. The highest BCUT2D eigenvalue weighted by molar-refractivity contribution is 5.80. The Hall–Kier alpha value is -2.42. The monoisotopic (exact) mass is 256 g/mol. The minimum atomic E-state index is -0.997. The number of carboxylic acid groups (broad SMARTS) is 1. The SMILES string of the molecule is O=C(O)C=CC(c1ccccc1)c1ccc(F)cc1. The van der Waals surface area contributed by atoms with Crippen molar-refractivity contribution in [2.45, 2.75) is 5.92 Å². The zero-order chi connectivity index (χ0) is 13.7. The number of aliphatic carboxylic acids is 1. The van der Waals surface area contributed by atoms with Crippen molar-refractivity contribution in [1.82, 2.24) is 0 Å². The van der Waals surface area contributed by atoms with Crippen molar-refractivity contribution in [1.29, 1.82) is 0 Å². The third-order valence-corrected chi connectivity index (χ3v) is 2.82. The van der Waals surface area contributed by atoms with Gasteiger partial charge in [0.1, 0.15) is 5.82 Å². The van der Waals surface area contributed by atoms with E-state index in [0.717, 1.165) is 17.2 Å². The summed E-state index contributed by atoms with van der Waals surface area (Å²) >= 11 is 0. The van der Waals surface area contributed by atoms with Crippen LogP contribution in [-0.2, 0) is 4.79 Å². The third kappa shape index (κ3) is 3.52. The topological polar surface area (TPSA) is 37.3 Å². The van der Waals surface area contributed by atoms with Gasteiger partial charge < -0.3 is 5.11 Å². The van der Waals surface area contributed by atoms with Crippen molar-refractivity contribution in [2.24, 2.45) is 0 Å². The summed E-state index contributed by atoms with van der Waals surface area (Å²) in [6, 6.07) is 15.6. The smallest absolute Gasteiger partial charge is 0.328 e. The van der Waals surface area contributed by atoms with E-state index in [4.69, 9.17) is 5.11 Å². The summed E-state index contributed by atoms with van der Waals surface area (Å²) in [5.41, 5.74) is 1.82. The van der Waals surface area contributed by atoms with Crippen LogP contribution in [0.15, 0.2) is 66.7 Å². The van der Waals surface area contributed by atoms with E-state index < -0.39 is 5.97 Å². The predicted molar refractivity (Wildman–Crippen MR) is 71.5 cm³/mol. The number of benzene rings is 2. The maximum atomic E-state index is 13.0. The molecule has 1 N–H and O–H groups in total. The molecule has 0 fully saturated rings. The highest BCUT2D eigenvalue weighted by Gasteiger charge is 2.11. The van der Waals surface area contributed by atoms with Gasteiger partial charge in [0.25, 0.3) is 0 Å². The van der Waals surface area contributed by atoms with Crippen LogP contribution in [0.1, 0.15) is 17.0 Å². The lowest BCUT2D eigenvalue weighted by atomic mass is 9.91. The summed E-state index contributed by atoms with van der Waals surface area (Å²) in [5, 5.41) is 8.75. The van der Waals surface area contributed by atoms with Gasteiger partial charge in [-0.05, 0) is 23.3 Å². The van der Waals surface area contributed by atoms with Crippen LogP contribution in [0.25, 0.3) is 0 Å². The van der Waals surface area contributed by atoms with Gasteiger partial charge in [0.05, 0.1) is 0 Å². The summed E-state index contributed by atoms with van der Waals surface area (Å²) in [4.78, 5) is 10.7. The number of hydrogen-bond acceptors (Lipinski definition) is 1. The summed E-state index contributed by atoms with van der Waals surface area (Å²) < 4.78 is 13.0. The van der Waals surface area contributed by atoms with Crippen LogP contribution in [-0.4, -0.2) is 11.1 Å². The van der Waals surface area contributed by atoms with Crippen LogP contribution >= 0.6 is 0 Å². The number of hydrogen-bond donors (Lipinski definition) is 1. The van der Waals surface area contributed by atoms with E-state index in [1.807, 2.05) is 30.3 Å². The Kier molecular flexibility index (Phi) is 4.08. The maximum absolute atomic E-state index is 13.0. The van der Waals surface area contributed by atoms with Gasteiger partial charge in [0.2, 0.25) is 0 Å². The van der Waals surface area contributed by atoms with Crippen LogP contribution in [0.5, 0.6) is 0 Å². The lowest BCUT2D eigenvalue weighted by molar-refractivity contribution is -0.131. The van der Waals surface area contributed by atoms with Gasteiger partial charge in [0.15, 0.2) is 0 Å². The van der Waals surface area contributed by atoms with Crippen molar-refractivity contribution in [3.8, 4) is 0 Å². The van der Waals surface area contributed by atoms with Gasteiger partial charge in [-0.3, -0.25) is 0 Å². The number of carbonyl (C=O) groups is 1. The van der Waals surface area contributed by atoms with Gasteiger partial charge in [0, 0.05) is 12.0 Å². The van der Waals surface area contributed by atoms with E-state index in [0.29, 0.717) is 0 Å². The molecule has 0 bridgehead atoms. The second-order valence-electron chi connectivity index (χ2n) is 4.14. The number of allylic oxidation sites excluding steroid dienone is 1. The van der Waals surface area contributed by atoms with E-state index in [1.165, 1.54) is 12.1 Å². The fourth-order valence-electron chi connectivity index (χ4n) is 1.92. The van der Waals surface area contributed by atoms with Crippen molar-refractivity contribution < 1.29 is 14.3 Å². The maximum Gasteiger partial charge on any atom is 0.328 e. The molecule has 2 rings (SSSR count). The molecule has 1 unspecified atom stereocenters. The van der Waals surface area contributed by atoms with Crippen LogP contribution in [0.3, 0.4) is 0 Å². The van der Waals surface area contributed by atoms with Crippen LogP contribution in [0.2, 0.25) is 0 Å². The molecule has 0 spiro atoms. The van der Waals surface area contributed by atoms with Gasteiger partial charge >= 0.3 is 5.97 Å².